The van der Waals surface area contributed by atoms with Crippen molar-refractivity contribution in [3.63, 3.8) is 0 Å². The Morgan fingerprint density at radius 1 is 1.23 bits per heavy atom. The zero-order chi connectivity index (χ0) is 9.85. The summed E-state index contributed by atoms with van der Waals surface area (Å²) in [4.78, 5) is 0. The number of methoxy groups -OCH3 is 1. The van der Waals surface area contributed by atoms with Crippen molar-refractivity contribution >= 4 is 0 Å². The first-order valence-corrected chi connectivity index (χ1v) is 8.47. The molecule has 0 saturated heterocycles. The predicted molar refractivity (Wildman–Crippen MR) is 49.2 cm³/mol. The quantitative estimate of drug-likeness (QED) is 0.648. The standard InChI is InChI=1S/C11H19O.Hg/c1-10(2)8-5-6-11(3,12-4)7-9(8)10;/h6,8-9H,5,7H2,1-4H3;. The van der Waals surface area contributed by atoms with Crippen molar-refractivity contribution in [2.24, 2.45) is 17.3 Å². The van der Waals surface area contributed by atoms with Crippen LogP contribution >= 0.6 is 0 Å². The molecule has 2 fully saturated rings. The van der Waals surface area contributed by atoms with Gasteiger partial charge in [0.1, 0.15) is 0 Å². The van der Waals surface area contributed by atoms with Crippen molar-refractivity contribution in [2.75, 3.05) is 7.11 Å². The molecular formula is C11H19HgO. The number of hydrogen-bond acceptors (Lipinski definition) is 1. The van der Waals surface area contributed by atoms with Gasteiger partial charge in [-0.05, 0) is 0 Å². The van der Waals surface area contributed by atoms with E-state index >= 15 is 0 Å². The topological polar surface area (TPSA) is 9.23 Å². The molecule has 0 N–H and O–H groups in total. The summed E-state index contributed by atoms with van der Waals surface area (Å²) >= 11 is 0.865. The van der Waals surface area contributed by atoms with E-state index in [0.717, 1.165) is 41.4 Å². The van der Waals surface area contributed by atoms with Crippen molar-refractivity contribution in [1.29, 1.82) is 0 Å². The molecule has 1 nitrogen and oxygen atoms in total. The van der Waals surface area contributed by atoms with Gasteiger partial charge in [-0.2, -0.15) is 0 Å². The number of rotatable bonds is 1. The van der Waals surface area contributed by atoms with Crippen LogP contribution in [0, 0.1) is 17.3 Å². The van der Waals surface area contributed by atoms with Crippen LogP contribution in [-0.2, 0) is 30.9 Å². The van der Waals surface area contributed by atoms with E-state index < -0.39 is 0 Å². The van der Waals surface area contributed by atoms with Crippen LogP contribution in [-0.4, -0.2) is 12.7 Å². The van der Waals surface area contributed by atoms with Gasteiger partial charge in [0.15, 0.2) is 0 Å². The van der Waals surface area contributed by atoms with Gasteiger partial charge in [-0.25, -0.2) is 0 Å². The molecule has 2 aliphatic carbocycles. The molecule has 4 atom stereocenters. The van der Waals surface area contributed by atoms with Crippen LogP contribution in [0.5, 0.6) is 0 Å². The van der Waals surface area contributed by atoms with Gasteiger partial charge in [-0.15, -0.1) is 0 Å². The molecule has 0 aromatic carbocycles. The zero-order valence-electron chi connectivity index (χ0n) is 9.26. The molecular weight excluding hydrogens is 349 g/mol. The summed E-state index contributed by atoms with van der Waals surface area (Å²) in [5.74, 6) is 1.98. The average molecular weight is 368 g/mol. The Bertz CT molecular complexity index is 226. The van der Waals surface area contributed by atoms with Crippen LogP contribution in [0.25, 0.3) is 0 Å². The van der Waals surface area contributed by atoms with Crippen LogP contribution in [0.3, 0.4) is 0 Å². The maximum atomic E-state index is 5.73. The van der Waals surface area contributed by atoms with Gasteiger partial charge in [0, 0.05) is 0 Å². The monoisotopic (exact) mass is 369 g/mol. The van der Waals surface area contributed by atoms with E-state index in [1.165, 1.54) is 12.8 Å². The average Bonchev–Trinajstić information content (AvgIpc) is 2.56. The third kappa shape index (κ3) is 1.41. The molecule has 0 bridgehead atoms. The van der Waals surface area contributed by atoms with Crippen molar-refractivity contribution in [3.05, 3.63) is 0 Å². The Labute approximate surface area is 97.6 Å². The molecule has 2 rings (SSSR count). The number of hydrogen-bond donors (Lipinski definition) is 0. The summed E-state index contributed by atoms with van der Waals surface area (Å²) in [6.45, 7) is 7.20. The molecule has 0 aromatic heterocycles. The summed E-state index contributed by atoms with van der Waals surface area (Å²) in [5.41, 5.74) is 0.867. The third-order valence-electron chi connectivity index (χ3n) is 4.78. The second-order valence-electron chi connectivity index (χ2n) is 5.69. The van der Waals surface area contributed by atoms with E-state index in [-0.39, 0.29) is 5.60 Å². The fourth-order valence-electron chi connectivity index (χ4n) is 3.14. The third-order valence-corrected chi connectivity index (χ3v) is 9.43. The summed E-state index contributed by atoms with van der Waals surface area (Å²) in [7, 11) is 1.90. The van der Waals surface area contributed by atoms with E-state index in [4.69, 9.17) is 4.74 Å². The molecule has 0 aromatic rings. The van der Waals surface area contributed by atoms with Crippen molar-refractivity contribution in [1.82, 2.24) is 0 Å². The normalized spacial score (nSPS) is 52.9. The predicted octanol–water partition coefficient (Wildman–Crippen LogP) is 2.79. The zero-order valence-corrected chi connectivity index (χ0v) is 14.8. The second-order valence-corrected chi connectivity index (χ2v) is 9.52. The molecule has 2 saturated carbocycles. The van der Waals surface area contributed by atoms with Gasteiger partial charge in [0.05, 0.1) is 0 Å². The fourth-order valence-corrected chi connectivity index (χ4v) is 5.83. The minimum absolute atomic E-state index is 0.234. The van der Waals surface area contributed by atoms with E-state index in [0.29, 0.717) is 5.41 Å². The molecule has 2 aliphatic rings. The van der Waals surface area contributed by atoms with Gasteiger partial charge in [-0.3, -0.25) is 0 Å². The minimum atomic E-state index is 0.234. The van der Waals surface area contributed by atoms with E-state index in [2.05, 4.69) is 20.8 Å². The Morgan fingerprint density at radius 3 is 2.38 bits per heavy atom. The fraction of sp³-hybridized carbons (Fsp3) is 1.00. The molecule has 0 amide bonds. The van der Waals surface area contributed by atoms with Crippen LogP contribution in [0.15, 0.2) is 0 Å². The molecule has 4 unspecified atom stereocenters. The summed E-state index contributed by atoms with van der Waals surface area (Å²) in [6, 6.07) is 0. The molecule has 71 valence electrons. The Morgan fingerprint density at radius 2 is 1.85 bits per heavy atom. The molecule has 13 heavy (non-hydrogen) atoms. The Kier molecular flexibility index (Phi) is 2.36. The van der Waals surface area contributed by atoms with Gasteiger partial charge in [0.2, 0.25) is 0 Å². The number of fused-ring (bicyclic) bond motifs is 1. The van der Waals surface area contributed by atoms with Crippen LogP contribution in [0.4, 0.5) is 0 Å². The van der Waals surface area contributed by atoms with Crippen LogP contribution in [0.2, 0.25) is 3.43 Å². The van der Waals surface area contributed by atoms with Gasteiger partial charge in [0.25, 0.3) is 0 Å². The summed E-state index contributed by atoms with van der Waals surface area (Å²) in [6.07, 6.45) is 2.76. The van der Waals surface area contributed by atoms with Gasteiger partial charge in [-0.1, -0.05) is 0 Å². The van der Waals surface area contributed by atoms with E-state index in [1.807, 2.05) is 7.11 Å². The van der Waals surface area contributed by atoms with E-state index in [9.17, 15) is 0 Å². The molecule has 0 aliphatic heterocycles. The van der Waals surface area contributed by atoms with Gasteiger partial charge < -0.3 is 0 Å². The molecule has 0 heterocycles. The van der Waals surface area contributed by atoms with Crippen molar-refractivity contribution in [3.8, 4) is 0 Å². The Balaban J connectivity index is 2.13. The van der Waals surface area contributed by atoms with Gasteiger partial charge >= 0.3 is 97.9 Å². The second kappa shape index (κ2) is 2.94. The Hall–Kier alpha value is 0.895. The molecule has 2 heteroatoms. The van der Waals surface area contributed by atoms with E-state index in [1.54, 1.807) is 0 Å². The SMILES string of the molecule is COC1(C)CC2C(C[CH]1[Hg])C2(C)C. The van der Waals surface area contributed by atoms with Crippen LogP contribution < -0.4 is 0 Å². The first kappa shape index (κ1) is 10.4. The van der Waals surface area contributed by atoms with Crippen LogP contribution in [0.1, 0.15) is 33.6 Å². The van der Waals surface area contributed by atoms with Crippen molar-refractivity contribution in [2.45, 2.75) is 42.6 Å². The summed E-state index contributed by atoms with van der Waals surface area (Å²) in [5, 5.41) is 0. The molecule has 0 radical (unpaired) electrons. The number of ether oxygens (including phenoxy) is 1. The first-order chi connectivity index (χ1) is 5.92. The molecule has 0 spiro atoms. The summed E-state index contributed by atoms with van der Waals surface area (Å²) < 4.78 is 6.65. The first-order valence-electron chi connectivity index (χ1n) is 5.30. The van der Waals surface area contributed by atoms with Crippen molar-refractivity contribution < 1.29 is 30.9 Å². The maximum absolute atomic E-state index is 5.73.